The van der Waals surface area contributed by atoms with Gasteiger partial charge in [0.2, 0.25) is 5.60 Å². The maximum atomic E-state index is 12.8. The van der Waals surface area contributed by atoms with Crippen molar-refractivity contribution in [2.45, 2.75) is 56.7 Å². The van der Waals surface area contributed by atoms with Crippen LogP contribution in [0.4, 0.5) is 0 Å². The summed E-state index contributed by atoms with van der Waals surface area (Å²) in [6, 6.07) is 2.43. The molecule has 7 heteroatoms. The number of aromatic nitrogens is 1. The summed E-state index contributed by atoms with van der Waals surface area (Å²) in [5, 5.41) is 0. The van der Waals surface area contributed by atoms with Crippen molar-refractivity contribution in [3.8, 4) is 0 Å². The van der Waals surface area contributed by atoms with E-state index in [4.69, 9.17) is 9.47 Å². The van der Waals surface area contributed by atoms with Crippen LogP contribution in [0.25, 0.3) is 0 Å². The second-order valence-electron chi connectivity index (χ2n) is 9.00. The first-order valence-corrected chi connectivity index (χ1v) is 10.6. The molecular formula is C23H23N3O4. The molecule has 0 saturated carbocycles. The van der Waals surface area contributed by atoms with Gasteiger partial charge in [-0.1, -0.05) is 17.7 Å². The van der Waals surface area contributed by atoms with Gasteiger partial charge in [0.25, 0.3) is 11.9 Å². The number of amidine groups is 1. The molecule has 7 nitrogen and oxygen atoms in total. The lowest BCUT2D eigenvalue weighted by atomic mass is 9.84. The Bertz CT molecular complexity index is 1080. The van der Waals surface area contributed by atoms with Gasteiger partial charge in [0.05, 0.1) is 0 Å². The van der Waals surface area contributed by atoms with Crippen molar-refractivity contribution in [1.29, 1.82) is 0 Å². The van der Waals surface area contributed by atoms with Crippen molar-refractivity contribution in [1.82, 2.24) is 9.88 Å². The zero-order chi connectivity index (χ0) is 20.5. The van der Waals surface area contributed by atoms with Crippen LogP contribution in [0.15, 0.2) is 40.6 Å². The minimum Gasteiger partial charge on any atom is -0.449 e. The molecule has 1 aromatic rings. The molecule has 6 rings (SSSR count). The SMILES string of the molecule is Cc1cnc2c(c1)C1(CCN(C3=NC(=O)C4(CC5=C(CCC=C5)C4)O3)CC1)OC2=O. The van der Waals surface area contributed by atoms with Crippen molar-refractivity contribution in [2.75, 3.05) is 13.1 Å². The maximum absolute atomic E-state index is 12.8. The molecule has 0 radical (unpaired) electrons. The molecule has 1 fully saturated rings. The summed E-state index contributed by atoms with van der Waals surface area (Å²) in [5.74, 6) is -0.518. The van der Waals surface area contributed by atoms with E-state index in [9.17, 15) is 9.59 Å². The van der Waals surface area contributed by atoms with Gasteiger partial charge >= 0.3 is 5.97 Å². The number of likely N-dealkylation sites (tertiary alicyclic amines) is 1. The Labute approximate surface area is 174 Å². The second-order valence-corrected chi connectivity index (χ2v) is 9.00. The summed E-state index contributed by atoms with van der Waals surface area (Å²) in [5.41, 5.74) is 3.40. The summed E-state index contributed by atoms with van der Waals surface area (Å²) in [6.45, 7) is 3.18. The Balaban J connectivity index is 1.19. The quantitative estimate of drug-likeness (QED) is 0.618. The molecule has 1 aromatic heterocycles. The van der Waals surface area contributed by atoms with Gasteiger partial charge in [-0.3, -0.25) is 4.79 Å². The van der Waals surface area contributed by atoms with Crippen molar-refractivity contribution in [2.24, 2.45) is 4.99 Å². The lowest BCUT2D eigenvalue weighted by Crippen LogP contribution is -2.47. The molecule has 2 spiro atoms. The number of aryl methyl sites for hydroxylation is 1. The molecular weight excluding hydrogens is 382 g/mol. The van der Waals surface area contributed by atoms with Crippen LogP contribution in [0.5, 0.6) is 0 Å². The molecule has 154 valence electrons. The van der Waals surface area contributed by atoms with Gasteiger partial charge in [0.1, 0.15) is 5.60 Å². The van der Waals surface area contributed by atoms with Crippen LogP contribution in [0.3, 0.4) is 0 Å². The molecule has 0 aromatic carbocycles. The third-order valence-corrected chi connectivity index (χ3v) is 7.07. The van der Waals surface area contributed by atoms with Gasteiger partial charge in [-0.2, -0.15) is 4.99 Å². The molecule has 2 aliphatic carbocycles. The highest BCUT2D eigenvalue weighted by molar-refractivity contribution is 6.02. The number of amides is 1. The number of allylic oxidation sites excluding steroid dienone is 2. The first-order chi connectivity index (χ1) is 14.5. The number of fused-ring (bicyclic) bond motifs is 2. The predicted molar refractivity (Wildman–Crippen MR) is 108 cm³/mol. The molecule has 1 amide bonds. The van der Waals surface area contributed by atoms with Crippen LogP contribution >= 0.6 is 0 Å². The Morgan fingerprint density at radius 3 is 2.73 bits per heavy atom. The van der Waals surface area contributed by atoms with Gasteiger partial charge in [-0.05, 0) is 37.0 Å². The fraction of sp³-hybridized carbons (Fsp3) is 0.478. The highest BCUT2D eigenvalue weighted by Crippen LogP contribution is 2.47. The average molecular weight is 405 g/mol. The topological polar surface area (TPSA) is 81.1 Å². The van der Waals surface area contributed by atoms with Crippen molar-refractivity contribution < 1.29 is 19.1 Å². The first kappa shape index (κ1) is 17.9. The lowest BCUT2D eigenvalue weighted by molar-refractivity contribution is -0.130. The van der Waals surface area contributed by atoms with Gasteiger partial charge in [0, 0.05) is 50.5 Å². The standard InChI is InChI=1S/C23H23N3O4/c1-14-10-17-18(24-13-14)19(27)29-22(17)6-8-26(9-7-22)21-25-20(28)23(30-21)11-15-4-2-3-5-16(15)12-23/h2,4,10,13H,3,5-9,11-12H2,1H3. The van der Waals surface area contributed by atoms with Crippen LogP contribution in [-0.2, 0) is 19.9 Å². The zero-order valence-corrected chi connectivity index (χ0v) is 16.9. The molecule has 1 unspecified atom stereocenters. The Kier molecular flexibility index (Phi) is 3.59. The van der Waals surface area contributed by atoms with Crippen LogP contribution in [0.1, 0.15) is 60.1 Å². The lowest BCUT2D eigenvalue weighted by Gasteiger charge is -2.39. The fourth-order valence-corrected chi connectivity index (χ4v) is 5.44. The van der Waals surface area contributed by atoms with Crippen molar-refractivity contribution >= 4 is 17.9 Å². The van der Waals surface area contributed by atoms with Gasteiger partial charge < -0.3 is 14.4 Å². The molecule has 4 heterocycles. The van der Waals surface area contributed by atoms with Crippen LogP contribution < -0.4 is 0 Å². The third-order valence-electron chi connectivity index (χ3n) is 7.07. The van der Waals surface area contributed by atoms with Crippen LogP contribution in [-0.4, -0.2) is 46.5 Å². The highest BCUT2D eigenvalue weighted by Gasteiger charge is 2.54. The number of carbonyl (C=O) groups is 2. The number of hydrogen-bond donors (Lipinski definition) is 0. The molecule has 0 N–H and O–H groups in total. The summed E-state index contributed by atoms with van der Waals surface area (Å²) >= 11 is 0. The molecule has 0 bridgehead atoms. The molecule has 3 aliphatic heterocycles. The summed E-state index contributed by atoms with van der Waals surface area (Å²) in [6.07, 6.45) is 10.5. The smallest absolute Gasteiger partial charge is 0.358 e. The van der Waals surface area contributed by atoms with E-state index in [1.807, 2.05) is 17.9 Å². The normalized spacial score (nSPS) is 28.7. The minimum atomic E-state index is -0.850. The number of carbonyl (C=O) groups excluding carboxylic acids is 2. The van der Waals surface area contributed by atoms with Crippen molar-refractivity contribution in [3.05, 3.63) is 52.4 Å². The first-order valence-electron chi connectivity index (χ1n) is 10.6. The number of aliphatic imine (C=N–C) groups is 1. The molecule has 1 saturated heterocycles. The number of hydrogen-bond acceptors (Lipinski definition) is 6. The summed E-state index contributed by atoms with van der Waals surface area (Å²) < 4.78 is 12.1. The van der Waals surface area contributed by atoms with Crippen molar-refractivity contribution in [3.63, 3.8) is 0 Å². The van der Waals surface area contributed by atoms with E-state index in [2.05, 4.69) is 22.1 Å². The number of pyridine rings is 1. The van der Waals surface area contributed by atoms with Gasteiger partial charge in [0.15, 0.2) is 5.69 Å². The predicted octanol–water partition coefficient (Wildman–Crippen LogP) is 2.94. The average Bonchev–Trinajstić information content (AvgIpc) is 3.35. The Morgan fingerprint density at radius 2 is 1.93 bits per heavy atom. The molecule has 30 heavy (non-hydrogen) atoms. The Morgan fingerprint density at radius 1 is 1.10 bits per heavy atom. The van der Waals surface area contributed by atoms with E-state index in [0.29, 0.717) is 50.5 Å². The van der Waals surface area contributed by atoms with E-state index in [1.54, 1.807) is 6.20 Å². The number of piperidine rings is 1. The van der Waals surface area contributed by atoms with E-state index < -0.39 is 11.2 Å². The Hall–Kier alpha value is -2.96. The molecule has 1 atom stereocenters. The van der Waals surface area contributed by atoms with E-state index >= 15 is 0 Å². The minimum absolute atomic E-state index is 0.168. The van der Waals surface area contributed by atoms with Crippen LogP contribution in [0.2, 0.25) is 0 Å². The summed E-state index contributed by atoms with van der Waals surface area (Å²) in [7, 11) is 0. The monoisotopic (exact) mass is 405 g/mol. The maximum Gasteiger partial charge on any atom is 0.358 e. The van der Waals surface area contributed by atoms with Crippen LogP contribution in [0, 0.1) is 6.92 Å². The highest BCUT2D eigenvalue weighted by atomic mass is 16.6. The number of nitrogens with zero attached hydrogens (tertiary/aromatic N) is 3. The fourth-order valence-electron chi connectivity index (χ4n) is 5.44. The van der Waals surface area contributed by atoms with E-state index in [1.165, 1.54) is 11.1 Å². The second kappa shape index (κ2) is 6.03. The molecule has 5 aliphatic rings. The number of ether oxygens (including phenoxy) is 2. The van der Waals surface area contributed by atoms with E-state index in [0.717, 1.165) is 24.0 Å². The summed E-state index contributed by atoms with van der Waals surface area (Å²) in [4.78, 5) is 35.8. The third kappa shape index (κ3) is 2.44. The number of esters is 1. The number of rotatable bonds is 0. The van der Waals surface area contributed by atoms with E-state index in [-0.39, 0.29) is 11.9 Å². The zero-order valence-electron chi connectivity index (χ0n) is 16.9. The largest absolute Gasteiger partial charge is 0.449 e. The van der Waals surface area contributed by atoms with Gasteiger partial charge in [-0.15, -0.1) is 0 Å². The van der Waals surface area contributed by atoms with Gasteiger partial charge in [-0.25, -0.2) is 9.78 Å².